The summed E-state index contributed by atoms with van der Waals surface area (Å²) in [6.45, 7) is 2.93. The van der Waals surface area contributed by atoms with E-state index < -0.39 is 0 Å². The highest BCUT2D eigenvalue weighted by Crippen LogP contribution is 2.00. The van der Waals surface area contributed by atoms with Gasteiger partial charge in [0.1, 0.15) is 0 Å². The molecule has 0 aliphatic carbocycles. The zero-order valence-electron chi connectivity index (χ0n) is 8.88. The van der Waals surface area contributed by atoms with Crippen molar-refractivity contribution in [1.82, 2.24) is 14.7 Å². The molecule has 0 bridgehead atoms. The predicted octanol–water partition coefficient (Wildman–Crippen LogP) is 0.863. The van der Waals surface area contributed by atoms with Crippen LogP contribution in [0.2, 0.25) is 0 Å². The van der Waals surface area contributed by atoms with Crippen LogP contribution in [0, 0.1) is 0 Å². The summed E-state index contributed by atoms with van der Waals surface area (Å²) in [5.41, 5.74) is -0.135. The minimum atomic E-state index is -0.135. The number of rotatable bonds is 4. The molecule has 0 aliphatic rings. The van der Waals surface area contributed by atoms with E-state index in [4.69, 9.17) is 4.52 Å². The van der Waals surface area contributed by atoms with Crippen LogP contribution in [0.25, 0.3) is 0 Å². The lowest BCUT2D eigenvalue weighted by Crippen LogP contribution is -2.23. The molecule has 6 heteroatoms. The summed E-state index contributed by atoms with van der Waals surface area (Å²) in [6, 6.07) is 1.73. The molecular weight excluding hydrogens is 208 g/mol. The van der Waals surface area contributed by atoms with Crippen LogP contribution in [0.15, 0.2) is 34.0 Å². The van der Waals surface area contributed by atoms with Gasteiger partial charge >= 0.3 is 0 Å². The first kappa shape index (κ1) is 10.4. The lowest BCUT2D eigenvalue weighted by molar-refractivity contribution is 0.388. The molecule has 0 spiro atoms. The van der Waals surface area contributed by atoms with E-state index in [1.165, 1.54) is 0 Å². The molecule has 2 aromatic rings. The first-order valence-electron chi connectivity index (χ1n) is 5.00. The fraction of sp³-hybridized carbons (Fsp3) is 0.300. The van der Waals surface area contributed by atoms with Crippen LogP contribution in [0.1, 0.15) is 12.7 Å². The maximum Gasteiger partial charge on any atom is 0.293 e. The molecule has 0 atom stereocenters. The number of hydrogen-bond donors (Lipinski definition) is 1. The molecule has 0 fully saturated rings. The summed E-state index contributed by atoms with van der Waals surface area (Å²) in [5.74, 6) is 0.980. The van der Waals surface area contributed by atoms with Crippen molar-refractivity contribution in [3.8, 4) is 0 Å². The van der Waals surface area contributed by atoms with Gasteiger partial charge in [0.25, 0.3) is 5.56 Å². The number of anilines is 1. The van der Waals surface area contributed by atoms with Gasteiger partial charge in [-0.3, -0.25) is 4.79 Å². The minimum absolute atomic E-state index is 0.135. The Hall–Kier alpha value is -2.11. The van der Waals surface area contributed by atoms with E-state index in [0.717, 1.165) is 0 Å². The number of nitrogens with zero attached hydrogens (tertiary/aromatic N) is 3. The Morgan fingerprint density at radius 3 is 3.06 bits per heavy atom. The van der Waals surface area contributed by atoms with Crippen molar-refractivity contribution < 1.29 is 4.52 Å². The van der Waals surface area contributed by atoms with Crippen LogP contribution in [0.5, 0.6) is 0 Å². The average Bonchev–Trinajstić information content (AvgIpc) is 2.81. The molecule has 0 amide bonds. The van der Waals surface area contributed by atoms with Crippen LogP contribution in [-0.2, 0) is 13.1 Å². The summed E-state index contributed by atoms with van der Waals surface area (Å²) in [4.78, 5) is 15.7. The largest absolute Gasteiger partial charge is 0.360 e. The van der Waals surface area contributed by atoms with Crippen molar-refractivity contribution in [1.29, 1.82) is 0 Å². The zero-order chi connectivity index (χ0) is 11.4. The van der Waals surface area contributed by atoms with Gasteiger partial charge in [-0.1, -0.05) is 5.16 Å². The molecule has 0 aromatic carbocycles. The lowest BCUT2D eigenvalue weighted by Gasteiger charge is -2.05. The summed E-state index contributed by atoms with van der Waals surface area (Å²) >= 11 is 0. The molecule has 2 heterocycles. The molecule has 2 aromatic heterocycles. The Kier molecular flexibility index (Phi) is 3.00. The van der Waals surface area contributed by atoms with Crippen molar-refractivity contribution in [2.24, 2.45) is 0 Å². The van der Waals surface area contributed by atoms with Gasteiger partial charge in [-0.25, -0.2) is 4.98 Å². The molecule has 0 saturated heterocycles. The Balaban J connectivity index is 2.13. The Morgan fingerprint density at radius 1 is 1.50 bits per heavy atom. The molecule has 2 rings (SSSR count). The van der Waals surface area contributed by atoms with Gasteiger partial charge in [-0.15, -0.1) is 0 Å². The molecule has 0 unspecified atom stereocenters. The van der Waals surface area contributed by atoms with Gasteiger partial charge in [0, 0.05) is 25.0 Å². The van der Waals surface area contributed by atoms with Crippen molar-refractivity contribution >= 4 is 5.82 Å². The molecule has 0 saturated carbocycles. The molecule has 0 radical (unpaired) electrons. The maximum atomic E-state index is 11.8. The Morgan fingerprint density at radius 2 is 2.38 bits per heavy atom. The van der Waals surface area contributed by atoms with Gasteiger partial charge in [0.2, 0.25) is 0 Å². The van der Waals surface area contributed by atoms with Gasteiger partial charge < -0.3 is 14.4 Å². The summed E-state index contributed by atoms with van der Waals surface area (Å²) in [5, 5.41) is 6.48. The van der Waals surface area contributed by atoms with E-state index in [1.807, 2.05) is 6.92 Å². The zero-order valence-corrected chi connectivity index (χ0v) is 8.88. The van der Waals surface area contributed by atoms with E-state index in [0.29, 0.717) is 24.7 Å². The maximum absolute atomic E-state index is 11.8. The molecule has 84 valence electrons. The second-order valence-electron chi connectivity index (χ2n) is 3.20. The number of hydrogen-bond acceptors (Lipinski definition) is 5. The normalized spacial score (nSPS) is 10.3. The topological polar surface area (TPSA) is 73.0 Å². The van der Waals surface area contributed by atoms with E-state index in [9.17, 15) is 4.79 Å². The van der Waals surface area contributed by atoms with Crippen LogP contribution in [-0.4, -0.2) is 14.7 Å². The van der Waals surface area contributed by atoms with E-state index in [1.54, 1.807) is 29.2 Å². The van der Waals surface area contributed by atoms with Crippen molar-refractivity contribution in [3.63, 3.8) is 0 Å². The fourth-order valence-electron chi connectivity index (χ4n) is 1.32. The van der Waals surface area contributed by atoms with E-state index in [-0.39, 0.29) is 5.56 Å². The number of aromatic nitrogens is 3. The second kappa shape index (κ2) is 4.61. The van der Waals surface area contributed by atoms with Crippen molar-refractivity contribution in [2.45, 2.75) is 20.0 Å². The Labute approximate surface area is 91.9 Å². The summed E-state index contributed by atoms with van der Waals surface area (Å²) in [6.07, 6.45) is 4.80. The molecule has 1 N–H and O–H groups in total. The second-order valence-corrected chi connectivity index (χ2v) is 3.20. The van der Waals surface area contributed by atoms with Crippen molar-refractivity contribution in [2.75, 3.05) is 5.32 Å². The predicted molar refractivity (Wildman–Crippen MR) is 58.0 cm³/mol. The number of aryl methyl sites for hydroxylation is 1. The number of nitrogens with one attached hydrogen (secondary N) is 1. The Bertz CT molecular complexity index is 504. The highest BCUT2D eigenvalue weighted by atomic mass is 16.5. The summed E-state index contributed by atoms with van der Waals surface area (Å²) in [7, 11) is 0. The van der Waals surface area contributed by atoms with E-state index in [2.05, 4.69) is 15.5 Å². The monoisotopic (exact) mass is 220 g/mol. The molecule has 0 aliphatic heterocycles. The lowest BCUT2D eigenvalue weighted by atomic mass is 10.4. The third kappa shape index (κ3) is 2.10. The highest BCUT2D eigenvalue weighted by molar-refractivity contribution is 5.31. The minimum Gasteiger partial charge on any atom is -0.360 e. The highest BCUT2D eigenvalue weighted by Gasteiger charge is 2.04. The van der Waals surface area contributed by atoms with Gasteiger partial charge in [-0.05, 0) is 6.92 Å². The quantitative estimate of drug-likeness (QED) is 0.827. The third-order valence-corrected chi connectivity index (χ3v) is 2.18. The molecule has 16 heavy (non-hydrogen) atoms. The van der Waals surface area contributed by atoms with Crippen LogP contribution >= 0.6 is 0 Å². The first-order chi connectivity index (χ1) is 7.81. The first-order valence-corrected chi connectivity index (χ1v) is 5.00. The third-order valence-electron chi connectivity index (χ3n) is 2.18. The molecular formula is C10H12N4O2. The fourth-order valence-corrected chi connectivity index (χ4v) is 1.32. The van der Waals surface area contributed by atoms with Crippen molar-refractivity contribution in [3.05, 3.63) is 40.8 Å². The van der Waals surface area contributed by atoms with Crippen LogP contribution in [0.3, 0.4) is 0 Å². The van der Waals surface area contributed by atoms with Gasteiger partial charge in [0.05, 0.1) is 12.7 Å². The standard InChI is InChI=1S/C10H12N4O2/c1-2-14-6-5-11-9(10(14)15)12-7-8-3-4-13-16-8/h3-6H,2,7H2,1H3,(H,11,12). The smallest absolute Gasteiger partial charge is 0.293 e. The molecule has 6 nitrogen and oxygen atoms in total. The van der Waals surface area contributed by atoms with Crippen LogP contribution in [0.4, 0.5) is 5.82 Å². The average molecular weight is 220 g/mol. The van der Waals surface area contributed by atoms with Gasteiger partial charge in [-0.2, -0.15) is 0 Å². The van der Waals surface area contributed by atoms with E-state index >= 15 is 0 Å². The van der Waals surface area contributed by atoms with Crippen LogP contribution < -0.4 is 10.9 Å². The SMILES string of the molecule is CCn1ccnc(NCc2ccno2)c1=O. The van der Waals surface area contributed by atoms with Gasteiger partial charge in [0.15, 0.2) is 11.6 Å². The summed E-state index contributed by atoms with van der Waals surface area (Å²) < 4.78 is 6.48.